The van der Waals surface area contributed by atoms with Crippen LogP contribution < -0.4 is 5.32 Å². The maximum atomic E-state index is 12.6. The number of nitro benzene ring substituents is 1. The number of fused-ring (bicyclic) bond motifs is 1. The third-order valence-corrected chi connectivity index (χ3v) is 4.62. The normalized spacial score (nSPS) is 10.8. The summed E-state index contributed by atoms with van der Waals surface area (Å²) >= 11 is 0. The first kappa shape index (κ1) is 18.4. The van der Waals surface area contributed by atoms with E-state index in [1.807, 2.05) is 44.2 Å². The zero-order chi connectivity index (χ0) is 20.5. The van der Waals surface area contributed by atoms with Crippen molar-refractivity contribution >= 4 is 28.4 Å². The van der Waals surface area contributed by atoms with Crippen LogP contribution in [0.4, 0.5) is 11.4 Å². The van der Waals surface area contributed by atoms with Gasteiger partial charge in [0.15, 0.2) is 5.58 Å². The molecule has 7 nitrogen and oxygen atoms in total. The van der Waals surface area contributed by atoms with Gasteiger partial charge < -0.3 is 9.73 Å². The van der Waals surface area contributed by atoms with Crippen molar-refractivity contribution in [1.82, 2.24) is 4.98 Å². The molecule has 0 aliphatic carbocycles. The van der Waals surface area contributed by atoms with E-state index in [0.717, 1.165) is 22.2 Å². The standard InChI is InChI=1S/C22H17N3O4/c1-13-3-10-20-19(11-13)24-22(29-20)16-5-4-14(2)18(12-16)23-21(26)15-6-8-17(9-7-15)25(27)28/h3-12H,1-2H3,(H,23,26). The molecule has 1 amide bonds. The Morgan fingerprint density at radius 2 is 1.79 bits per heavy atom. The molecule has 0 aliphatic rings. The van der Waals surface area contributed by atoms with Crippen LogP contribution in [0.3, 0.4) is 0 Å². The van der Waals surface area contributed by atoms with E-state index in [2.05, 4.69) is 10.3 Å². The third-order valence-electron chi connectivity index (χ3n) is 4.62. The lowest BCUT2D eigenvalue weighted by Gasteiger charge is -2.09. The molecular weight excluding hydrogens is 370 g/mol. The van der Waals surface area contributed by atoms with E-state index in [-0.39, 0.29) is 11.6 Å². The lowest BCUT2D eigenvalue weighted by atomic mass is 10.1. The van der Waals surface area contributed by atoms with E-state index >= 15 is 0 Å². The van der Waals surface area contributed by atoms with Crippen LogP contribution in [-0.4, -0.2) is 15.8 Å². The van der Waals surface area contributed by atoms with Crippen LogP contribution in [-0.2, 0) is 0 Å². The quantitative estimate of drug-likeness (QED) is 0.380. The first-order chi connectivity index (χ1) is 13.9. The molecule has 0 saturated heterocycles. The van der Waals surface area contributed by atoms with Gasteiger partial charge in [-0.1, -0.05) is 12.1 Å². The summed E-state index contributed by atoms with van der Waals surface area (Å²) in [5.74, 6) is 0.116. The number of oxazole rings is 1. The average molecular weight is 387 g/mol. The van der Waals surface area contributed by atoms with Gasteiger partial charge in [0, 0.05) is 28.9 Å². The Morgan fingerprint density at radius 1 is 1.03 bits per heavy atom. The minimum Gasteiger partial charge on any atom is -0.436 e. The zero-order valence-electron chi connectivity index (χ0n) is 15.8. The first-order valence-electron chi connectivity index (χ1n) is 8.95. The zero-order valence-corrected chi connectivity index (χ0v) is 15.8. The van der Waals surface area contributed by atoms with Crippen LogP contribution in [0.1, 0.15) is 21.5 Å². The van der Waals surface area contributed by atoms with Gasteiger partial charge in [0.05, 0.1) is 4.92 Å². The van der Waals surface area contributed by atoms with E-state index in [1.165, 1.54) is 24.3 Å². The van der Waals surface area contributed by atoms with Gasteiger partial charge in [-0.15, -0.1) is 0 Å². The molecule has 0 spiro atoms. The van der Waals surface area contributed by atoms with Crippen molar-refractivity contribution < 1.29 is 14.1 Å². The third kappa shape index (κ3) is 3.70. The number of nitrogens with zero attached hydrogens (tertiary/aromatic N) is 2. The van der Waals surface area contributed by atoms with Crippen LogP contribution in [0.15, 0.2) is 65.1 Å². The highest BCUT2D eigenvalue weighted by atomic mass is 16.6. The van der Waals surface area contributed by atoms with Gasteiger partial charge >= 0.3 is 0 Å². The summed E-state index contributed by atoms with van der Waals surface area (Å²) in [7, 11) is 0. The number of aromatic nitrogens is 1. The molecular formula is C22H17N3O4. The number of non-ortho nitro benzene ring substituents is 1. The molecule has 0 fully saturated rings. The number of hydrogen-bond donors (Lipinski definition) is 1. The number of aryl methyl sites for hydroxylation is 2. The molecule has 3 aromatic carbocycles. The van der Waals surface area contributed by atoms with E-state index in [1.54, 1.807) is 6.07 Å². The smallest absolute Gasteiger partial charge is 0.269 e. The molecule has 1 N–H and O–H groups in total. The molecule has 4 rings (SSSR count). The van der Waals surface area contributed by atoms with Gasteiger partial charge in [-0.3, -0.25) is 14.9 Å². The number of amides is 1. The number of carbonyl (C=O) groups excluding carboxylic acids is 1. The van der Waals surface area contributed by atoms with E-state index in [0.29, 0.717) is 22.7 Å². The average Bonchev–Trinajstić information content (AvgIpc) is 3.12. The molecule has 0 bridgehead atoms. The van der Waals surface area contributed by atoms with Crippen molar-refractivity contribution in [2.75, 3.05) is 5.32 Å². The number of benzene rings is 3. The maximum absolute atomic E-state index is 12.6. The highest BCUT2D eigenvalue weighted by Crippen LogP contribution is 2.28. The SMILES string of the molecule is Cc1ccc2oc(-c3ccc(C)c(NC(=O)c4ccc([N+](=O)[O-])cc4)c3)nc2c1. The number of rotatable bonds is 4. The summed E-state index contributed by atoms with van der Waals surface area (Å²) in [6, 6.07) is 16.8. The largest absolute Gasteiger partial charge is 0.436 e. The van der Waals surface area contributed by atoms with Gasteiger partial charge in [0.25, 0.3) is 11.6 Å². The fraction of sp³-hybridized carbons (Fsp3) is 0.0909. The lowest BCUT2D eigenvalue weighted by Crippen LogP contribution is -2.12. The maximum Gasteiger partial charge on any atom is 0.269 e. The van der Waals surface area contributed by atoms with Crippen LogP contribution in [0.5, 0.6) is 0 Å². The second kappa shape index (κ2) is 7.20. The molecule has 29 heavy (non-hydrogen) atoms. The number of carbonyl (C=O) groups is 1. The second-order valence-corrected chi connectivity index (χ2v) is 6.78. The molecule has 0 saturated carbocycles. The summed E-state index contributed by atoms with van der Waals surface area (Å²) in [6.45, 7) is 3.87. The van der Waals surface area contributed by atoms with Crippen molar-refractivity contribution in [3.05, 3.63) is 87.5 Å². The molecule has 0 unspecified atom stereocenters. The van der Waals surface area contributed by atoms with E-state index in [4.69, 9.17) is 4.42 Å². The van der Waals surface area contributed by atoms with Crippen LogP contribution in [0.25, 0.3) is 22.6 Å². The lowest BCUT2D eigenvalue weighted by molar-refractivity contribution is -0.384. The molecule has 1 aromatic heterocycles. The minimum absolute atomic E-state index is 0.0640. The van der Waals surface area contributed by atoms with Gasteiger partial charge in [-0.2, -0.15) is 0 Å². The van der Waals surface area contributed by atoms with Crippen LogP contribution in [0.2, 0.25) is 0 Å². The van der Waals surface area contributed by atoms with Gasteiger partial charge in [-0.05, 0) is 61.4 Å². The number of nitrogens with one attached hydrogen (secondary N) is 1. The summed E-state index contributed by atoms with van der Waals surface area (Å²) in [6.07, 6.45) is 0. The topological polar surface area (TPSA) is 98.3 Å². The van der Waals surface area contributed by atoms with Crippen molar-refractivity contribution in [3.8, 4) is 11.5 Å². The Hall–Kier alpha value is -4.00. The molecule has 1 heterocycles. The predicted octanol–water partition coefficient (Wildman–Crippen LogP) is 5.27. The molecule has 0 radical (unpaired) electrons. The van der Waals surface area contributed by atoms with Crippen molar-refractivity contribution in [2.45, 2.75) is 13.8 Å². The van der Waals surface area contributed by atoms with Crippen molar-refractivity contribution in [1.29, 1.82) is 0 Å². The summed E-state index contributed by atoms with van der Waals surface area (Å²) < 4.78 is 5.84. The summed E-state index contributed by atoms with van der Waals surface area (Å²) in [5.41, 5.74) is 5.06. The number of nitro groups is 1. The first-order valence-corrected chi connectivity index (χ1v) is 8.95. The Morgan fingerprint density at radius 3 is 2.52 bits per heavy atom. The fourth-order valence-electron chi connectivity index (χ4n) is 2.98. The van der Waals surface area contributed by atoms with Gasteiger partial charge in [0.2, 0.25) is 5.89 Å². The Kier molecular flexibility index (Phi) is 4.56. The van der Waals surface area contributed by atoms with Gasteiger partial charge in [0.1, 0.15) is 5.52 Å². The summed E-state index contributed by atoms with van der Waals surface area (Å²) in [5, 5.41) is 13.6. The van der Waals surface area contributed by atoms with Crippen LogP contribution >= 0.6 is 0 Å². The minimum atomic E-state index is -0.503. The predicted molar refractivity (Wildman–Crippen MR) is 110 cm³/mol. The highest BCUT2D eigenvalue weighted by molar-refractivity contribution is 6.05. The fourth-order valence-corrected chi connectivity index (χ4v) is 2.98. The van der Waals surface area contributed by atoms with E-state index < -0.39 is 4.92 Å². The van der Waals surface area contributed by atoms with Crippen LogP contribution in [0, 0.1) is 24.0 Å². The Labute approximate surface area is 166 Å². The molecule has 144 valence electrons. The molecule has 7 heteroatoms. The number of hydrogen-bond acceptors (Lipinski definition) is 5. The molecule has 4 aromatic rings. The Balaban J connectivity index is 1.62. The summed E-state index contributed by atoms with van der Waals surface area (Å²) in [4.78, 5) is 27.3. The highest BCUT2D eigenvalue weighted by Gasteiger charge is 2.14. The van der Waals surface area contributed by atoms with Crippen molar-refractivity contribution in [2.24, 2.45) is 0 Å². The van der Waals surface area contributed by atoms with E-state index in [9.17, 15) is 14.9 Å². The second-order valence-electron chi connectivity index (χ2n) is 6.78. The Bertz CT molecular complexity index is 1240. The molecule has 0 atom stereocenters. The molecule has 0 aliphatic heterocycles. The number of anilines is 1. The monoisotopic (exact) mass is 387 g/mol. The van der Waals surface area contributed by atoms with Crippen molar-refractivity contribution in [3.63, 3.8) is 0 Å². The van der Waals surface area contributed by atoms with Gasteiger partial charge in [-0.25, -0.2) is 4.98 Å².